The van der Waals surface area contributed by atoms with Crippen LogP contribution in [0, 0.1) is 11.8 Å². The number of rotatable bonds is 5. The number of amides is 1. The lowest BCUT2D eigenvalue weighted by Gasteiger charge is -2.45. The van der Waals surface area contributed by atoms with Gasteiger partial charge in [0.05, 0.1) is 5.52 Å². The molecule has 0 bridgehead atoms. The van der Waals surface area contributed by atoms with Crippen molar-refractivity contribution in [3.8, 4) is 0 Å². The normalized spacial score (nSPS) is 22.7. The number of hydrogen-bond donors (Lipinski definition) is 1. The Morgan fingerprint density at radius 3 is 2.56 bits per heavy atom. The van der Waals surface area contributed by atoms with Crippen LogP contribution in [0.3, 0.4) is 0 Å². The van der Waals surface area contributed by atoms with Gasteiger partial charge in [-0.2, -0.15) is 0 Å². The van der Waals surface area contributed by atoms with Crippen LogP contribution in [0.5, 0.6) is 0 Å². The van der Waals surface area contributed by atoms with E-state index in [1.54, 1.807) is 19.1 Å². The third-order valence-electron chi connectivity index (χ3n) is 5.71. The van der Waals surface area contributed by atoms with E-state index in [9.17, 15) is 9.59 Å². The molecule has 3 atom stereocenters. The molecule has 1 saturated heterocycles. The van der Waals surface area contributed by atoms with Gasteiger partial charge in [-0.05, 0) is 51.2 Å². The summed E-state index contributed by atoms with van der Waals surface area (Å²) in [6, 6.07) is 6.55. The van der Waals surface area contributed by atoms with Crippen molar-refractivity contribution < 1.29 is 9.21 Å². The molecular weight excluding hydrogens is 342 g/mol. The Morgan fingerprint density at radius 1 is 1.26 bits per heavy atom. The highest BCUT2D eigenvalue weighted by molar-refractivity contribution is 5.82. The fraction of sp³-hybridized carbons (Fsp3) is 0.619. The van der Waals surface area contributed by atoms with E-state index >= 15 is 0 Å². The van der Waals surface area contributed by atoms with Crippen molar-refractivity contribution in [3.63, 3.8) is 0 Å². The van der Waals surface area contributed by atoms with Gasteiger partial charge in [-0.3, -0.25) is 14.3 Å². The van der Waals surface area contributed by atoms with Gasteiger partial charge in [0.25, 0.3) is 0 Å². The average Bonchev–Trinajstić information content (AvgIpc) is 2.94. The van der Waals surface area contributed by atoms with E-state index in [2.05, 4.69) is 37.9 Å². The highest BCUT2D eigenvalue weighted by Crippen LogP contribution is 2.27. The Bertz CT molecular complexity index is 857. The second-order valence-electron chi connectivity index (χ2n) is 8.76. The number of benzene rings is 1. The van der Waals surface area contributed by atoms with Crippen LogP contribution in [0.15, 0.2) is 33.5 Å². The summed E-state index contributed by atoms with van der Waals surface area (Å²) in [5.41, 5.74) is 1.00. The van der Waals surface area contributed by atoms with E-state index < -0.39 is 11.8 Å². The molecule has 148 valence electrons. The second-order valence-corrected chi connectivity index (χ2v) is 8.76. The van der Waals surface area contributed by atoms with Gasteiger partial charge in [0.1, 0.15) is 6.04 Å². The minimum Gasteiger partial charge on any atom is -0.408 e. The fourth-order valence-corrected chi connectivity index (χ4v) is 4.19. The summed E-state index contributed by atoms with van der Waals surface area (Å²) in [7, 11) is 0. The van der Waals surface area contributed by atoms with Crippen molar-refractivity contribution in [2.24, 2.45) is 11.8 Å². The number of piperidine rings is 1. The van der Waals surface area contributed by atoms with E-state index in [4.69, 9.17) is 4.42 Å². The van der Waals surface area contributed by atoms with Crippen molar-refractivity contribution >= 4 is 17.0 Å². The molecule has 2 heterocycles. The maximum atomic E-state index is 12.8. The molecule has 3 rings (SSSR count). The lowest BCUT2D eigenvalue weighted by atomic mass is 9.88. The van der Waals surface area contributed by atoms with Gasteiger partial charge in [0, 0.05) is 25.2 Å². The molecule has 0 saturated carbocycles. The first-order chi connectivity index (χ1) is 12.7. The Balaban J connectivity index is 1.69. The number of fused-ring (bicyclic) bond motifs is 1. The van der Waals surface area contributed by atoms with E-state index in [-0.39, 0.29) is 11.4 Å². The summed E-state index contributed by atoms with van der Waals surface area (Å²) in [6.07, 6.45) is 1.26. The van der Waals surface area contributed by atoms with Crippen LogP contribution in [0.4, 0.5) is 0 Å². The van der Waals surface area contributed by atoms with Gasteiger partial charge in [-0.1, -0.05) is 26.0 Å². The summed E-state index contributed by atoms with van der Waals surface area (Å²) in [5, 5.41) is 3.05. The van der Waals surface area contributed by atoms with Crippen LogP contribution >= 0.6 is 0 Å². The van der Waals surface area contributed by atoms with Crippen LogP contribution in [0.1, 0.15) is 47.1 Å². The molecule has 1 fully saturated rings. The quantitative estimate of drug-likeness (QED) is 0.875. The Labute approximate surface area is 160 Å². The van der Waals surface area contributed by atoms with Crippen molar-refractivity contribution in [1.29, 1.82) is 0 Å². The monoisotopic (exact) mass is 373 g/mol. The number of nitrogens with one attached hydrogen (secondary N) is 1. The van der Waals surface area contributed by atoms with E-state index in [0.717, 1.165) is 13.1 Å². The number of hydrogen-bond acceptors (Lipinski definition) is 4. The summed E-state index contributed by atoms with van der Waals surface area (Å²) in [4.78, 5) is 27.4. The fourth-order valence-electron chi connectivity index (χ4n) is 4.19. The molecule has 1 aliphatic rings. The summed E-state index contributed by atoms with van der Waals surface area (Å²) in [5.74, 6) is 0.656. The van der Waals surface area contributed by atoms with Crippen molar-refractivity contribution in [2.75, 3.05) is 19.6 Å². The van der Waals surface area contributed by atoms with Crippen molar-refractivity contribution in [3.05, 3.63) is 34.8 Å². The number of aromatic nitrogens is 1. The number of nitrogens with zero attached hydrogens (tertiary/aromatic N) is 2. The summed E-state index contributed by atoms with van der Waals surface area (Å²) in [6.45, 7) is 13.3. The van der Waals surface area contributed by atoms with Crippen LogP contribution in [0.2, 0.25) is 0 Å². The van der Waals surface area contributed by atoms with Crippen LogP contribution in [0.25, 0.3) is 11.1 Å². The molecule has 6 heteroatoms. The van der Waals surface area contributed by atoms with E-state index in [1.807, 2.05) is 12.1 Å². The lowest BCUT2D eigenvalue weighted by molar-refractivity contribution is -0.124. The number of carbonyl (C=O) groups excluding carboxylic acids is 1. The molecule has 0 radical (unpaired) electrons. The summed E-state index contributed by atoms with van der Waals surface area (Å²) >= 11 is 0. The number of para-hydroxylation sites is 2. The molecule has 0 aliphatic carbocycles. The minimum atomic E-state index is -0.629. The molecule has 1 amide bonds. The van der Waals surface area contributed by atoms with Gasteiger partial charge in [-0.25, -0.2) is 4.79 Å². The summed E-state index contributed by atoms with van der Waals surface area (Å²) < 4.78 is 6.67. The first-order valence-corrected chi connectivity index (χ1v) is 9.82. The maximum absolute atomic E-state index is 12.8. The van der Waals surface area contributed by atoms with Gasteiger partial charge in [0.15, 0.2) is 5.58 Å². The van der Waals surface area contributed by atoms with Crippen LogP contribution < -0.4 is 11.1 Å². The Hall–Kier alpha value is -2.08. The molecule has 1 N–H and O–H groups in total. The zero-order valence-corrected chi connectivity index (χ0v) is 17.0. The molecule has 1 aromatic heterocycles. The van der Waals surface area contributed by atoms with Crippen molar-refractivity contribution in [2.45, 2.75) is 52.6 Å². The zero-order chi connectivity index (χ0) is 19.8. The smallest absolute Gasteiger partial charge is 0.408 e. The predicted octanol–water partition coefficient (Wildman–Crippen LogP) is 3.03. The van der Waals surface area contributed by atoms with E-state index in [1.165, 1.54) is 11.0 Å². The van der Waals surface area contributed by atoms with E-state index in [0.29, 0.717) is 29.5 Å². The van der Waals surface area contributed by atoms with Gasteiger partial charge < -0.3 is 9.73 Å². The number of oxazole rings is 1. The lowest BCUT2D eigenvalue weighted by Crippen LogP contribution is -2.56. The SMILES string of the molecule is CC1CC(C)CN(C(C)(C)CNC(=O)C(C)n2c(=O)oc3ccccc32)C1. The molecule has 1 aliphatic heterocycles. The number of likely N-dealkylation sites (tertiary alicyclic amines) is 1. The molecule has 6 nitrogen and oxygen atoms in total. The first kappa shape index (κ1) is 19.7. The highest BCUT2D eigenvalue weighted by Gasteiger charge is 2.33. The maximum Gasteiger partial charge on any atom is 0.420 e. The Morgan fingerprint density at radius 2 is 1.89 bits per heavy atom. The molecule has 0 spiro atoms. The second kappa shape index (κ2) is 7.50. The molecule has 2 aromatic rings. The average molecular weight is 373 g/mol. The first-order valence-electron chi connectivity index (χ1n) is 9.82. The third-order valence-corrected chi connectivity index (χ3v) is 5.71. The van der Waals surface area contributed by atoms with Gasteiger partial charge >= 0.3 is 5.76 Å². The topological polar surface area (TPSA) is 67.5 Å². The minimum absolute atomic E-state index is 0.137. The van der Waals surface area contributed by atoms with Gasteiger partial charge in [0.2, 0.25) is 5.91 Å². The number of carbonyl (C=O) groups is 1. The molecule has 27 heavy (non-hydrogen) atoms. The Kier molecular flexibility index (Phi) is 5.47. The highest BCUT2D eigenvalue weighted by atomic mass is 16.4. The van der Waals surface area contributed by atoms with Crippen LogP contribution in [-0.4, -0.2) is 40.5 Å². The van der Waals surface area contributed by atoms with Gasteiger partial charge in [-0.15, -0.1) is 0 Å². The van der Waals surface area contributed by atoms with Crippen LogP contribution in [-0.2, 0) is 4.79 Å². The standard InChI is InChI=1S/C21H31N3O3/c1-14-10-15(2)12-23(11-14)21(4,5)13-22-19(25)16(3)24-17-8-6-7-9-18(17)27-20(24)26/h6-9,14-16H,10-13H2,1-5H3,(H,22,25). The zero-order valence-electron chi connectivity index (χ0n) is 17.0. The van der Waals surface area contributed by atoms with Crippen molar-refractivity contribution in [1.82, 2.24) is 14.8 Å². The molecule has 1 aromatic carbocycles. The third kappa shape index (κ3) is 4.10. The largest absolute Gasteiger partial charge is 0.420 e. The predicted molar refractivity (Wildman–Crippen MR) is 107 cm³/mol. The molecular formula is C21H31N3O3. The molecule has 3 unspecified atom stereocenters.